The molecule has 5 rings (SSSR count). The zero-order chi connectivity index (χ0) is 33.0. The van der Waals surface area contributed by atoms with Crippen LogP contribution in [0.4, 0.5) is 13.2 Å². The molecule has 2 amide bonds. The number of carbonyl (C=O) groups is 2. The number of nitrogens with one attached hydrogen (secondary N) is 1. The Kier molecular flexibility index (Phi) is 8.28. The van der Waals surface area contributed by atoms with E-state index in [1.54, 1.807) is 35.9 Å². The minimum Gasteiger partial charge on any atom is -0.355 e. The summed E-state index contributed by atoms with van der Waals surface area (Å²) < 4.78 is 43.6. The molecule has 1 aliphatic rings. The molecule has 1 atom stereocenters. The van der Waals surface area contributed by atoms with Crippen molar-refractivity contribution in [1.82, 2.24) is 29.5 Å². The average Bonchev–Trinajstić information content (AvgIpc) is 3.38. The molecule has 2 aromatic heterocycles. The minimum absolute atomic E-state index is 0.0854. The lowest BCUT2D eigenvalue weighted by Crippen LogP contribution is -2.46. The second-order valence-electron chi connectivity index (χ2n) is 12.1. The van der Waals surface area contributed by atoms with Crippen molar-refractivity contribution in [2.75, 3.05) is 7.05 Å². The van der Waals surface area contributed by atoms with Gasteiger partial charge in [0.1, 0.15) is 0 Å². The van der Waals surface area contributed by atoms with Crippen molar-refractivity contribution in [3.05, 3.63) is 103 Å². The molecule has 2 aromatic carbocycles. The number of fused-ring (bicyclic) bond motifs is 1. The Labute approximate surface area is 266 Å². The summed E-state index contributed by atoms with van der Waals surface area (Å²) in [6, 6.07) is 11.3. The predicted molar refractivity (Wildman–Crippen MR) is 166 cm³/mol. The Morgan fingerprint density at radius 1 is 1.02 bits per heavy atom. The summed E-state index contributed by atoms with van der Waals surface area (Å²) in [7, 11) is 1.53. The quantitative estimate of drug-likeness (QED) is 0.295. The zero-order valence-electron chi connectivity index (χ0n) is 25.6. The monoisotopic (exact) mass is 684 g/mol. The topological polar surface area (TPSA) is 102 Å². The number of rotatable bonds is 4. The Morgan fingerprint density at radius 3 is 2.24 bits per heavy atom. The van der Waals surface area contributed by atoms with E-state index in [-0.39, 0.29) is 45.8 Å². The van der Waals surface area contributed by atoms with Gasteiger partial charge in [0.15, 0.2) is 0 Å². The number of aromatic nitrogens is 4. The zero-order valence-corrected chi connectivity index (χ0v) is 27.2. The number of carbonyl (C=O) groups excluding carboxylic acids is 2. The normalized spacial score (nSPS) is 15.2. The van der Waals surface area contributed by atoms with Crippen LogP contribution < -0.4 is 10.9 Å². The second-order valence-corrected chi connectivity index (χ2v) is 13.0. The van der Waals surface area contributed by atoms with E-state index in [0.717, 1.165) is 11.8 Å². The number of halogens is 4. The molecular weight excluding hydrogens is 653 g/mol. The van der Waals surface area contributed by atoms with Crippen LogP contribution in [0, 0.1) is 6.92 Å². The maximum Gasteiger partial charge on any atom is 0.417 e. The first-order chi connectivity index (χ1) is 21.0. The van der Waals surface area contributed by atoms with Gasteiger partial charge in [0.05, 0.1) is 29.2 Å². The SMILES string of the molecule is CNC(=O)c1ccc(-n2c(-n3nc(C(C)(C)C)cc3C)nc3c(c2=O)CC(C)N(C(=O)c2ccc(Br)c(C(F)(F)F)c2)C3)cc1. The van der Waals surface area contributed by atoms with Crippen molar-refractivity contribution in [3.63, 3.8) is 0 Å². The molecule has 3 heterocycles. The highest BCUT2D eigenvalue weighted by atomic mass is 79.9. The minimum atomic E-state index is -4.65. The molecule has 0 fully saturated rings. The fourth-order valence-corrected chi connectivity index (χ4v) is 5.76. The van der Waals surface area contributed by atoms with E-state index in [2.05, 4.69) is 21.2 Å². The lowest BCUT2D eigenvalue weighted by molar-refractivity contribution is -0.138. The van der Waals surface area contributed by atoms with Crippen molar-refractivity contribution in [2.24, 2.45) is 0 Å². The van der Waals surface area contributed by atoms with E-state index < -0.39 is 23.7 Å². The third-order valence-corrected chi connectivity index (χ3v) is 8.53. The third-order valence-electron chi connectivity index (χ3n) is 7.84. The number of benzene rings is 2. The summed E-state index contributed by atoms with van der Waals surface area (Å²) in [6.07, 6.45) is -4.51. The number of amides is 2. The van der Waals surface area contributed by atoms with Crippen molar-refractivity contribution in [1.29, 1.82) is 0 Å². The van der Waals surface area contributed by atoms with Crippen LogP contribution in [0.15, 0.2) is 57.8 Å². The molecule has 0 aliphatic carbocycles. The van der Waals surface area contributed by atoms with E-state index in [1.165, 1.54) is 28.6 Å². The fraction of sp³-hybridized carbons (Fsp3) is 0.344. The Balaban J connectivity index is 1.65. The van der Waals surface area contributed by atoms with Gasteiger partial charge >= 0.3 is 6.18 Å². The number of hydrogen-bond acceptors (Lipinski definition) is 5. The molecule has 0 radical (unpaired) electrons. The van der Waals surface area contributed by atoms with Gasteiger partial charge in [0.25, 0.3) is 17.4 Å². The predicted octanol–water partition coefficient (Wildman–Crippen LogP) is 5.75. The first-order valence-electron chi connectivity index (χ1n) is 14.2. The maximum atomic E-state index is 14.3. The van der Waals surface area contributed by atoms with Gasteiger partial charge in [0, 0.05) is 45.4 Å². The molecular formula is C32H32BrF3N6O3. The molecule has 13 heteroatoms. The van der Waals surface area contributed by atoms with Crippen molar-refractivity contribution < 1.29 is 22.8 Å². The van der Waals surface area contributed by atoms with Crippen LogP contribution in [0.1, 0.15) is 76.6 Å². The number of nitrogens with zero attached hydrogens (tertiary/aromatic N) is 5. The first kappa shape index (κ1) is 32.1. The third kappa shape index (κ3) is 6.05. The molecule has 236 valence electrons. The van der Waals surface area contributed by atoms with Gasteiger partial charge < -0.3 is 10.2 Å². The molecule has 45 heavy (non-hydrogen) atoms. The molecule has 0 bridgehead atoms. The number of alkyl halides is 3. The average molecular weight is 686 g/mol. The van der Waals surface area contributed by atoms with E-state index in [1.807, 2.05) is 33.8 Å². The van der Waals surface area contributed by atoms with Gasteiger partial charge in [0.2, 0.25) is 5.95 Å². The Hall–Kier alpha value is -4.26. The summed E-state index contributed by atoms with van der Waals surface area (Å²) in [4.78, 5) is 46.3. The molecule has 1 unspecified atom stereocenters. The molecule has 0 saturated carbocycles. The Bertz CT molecular complexity index is 1870. The number of aryl methyl sites for hydroxylation is 1. The Morgan fingerprint density at radius 2 is 1.67 bits per heavy atom. The van der Waals surface area contributed by atoms with Gasteiger partial charge in [-0.15, -0.1) is 0 Å². The fourth-order valence-electron chi connectivity index (χ4n) is 5.28. The molecule has 9 nitrogen and oxygen atoms in total. The van der Waals surface area contributed by atoms with Crippen molar-refractivity contribution in [2.45, 2.75) is 65.2 Å². The van der Waals surface area contributed by atoms with Crippen LogP contribution in [0.5, 0.6) is 0 Å². The van der Waals surface area contributed by atoms with E-state index in [0.29, 0.717) is 28.2 Å². The summed E-state index contributed by atoms with van der Waals surface area (Å²) in [5.41, 5.74) is 1.35. The highest BCUT2D eigenvalue weighted by molar-refractivity contribution is 9.10. The smallest absolute Gasteiger partial charge is 0.355 e. The van der Waals surface area contributed by atoms with Gasteiger partial charge in [-0.1, -0.05) is 36.7 Å². The molecule has 1 N–H and O–H groups in total. The van der Waals surface area contributed by atoms with Crippen molar-refractivity contribution >= 4 is 27.7 Å². The summed E-state index contributed by atoms with van der Waals surface area (Å²) in [5, 5.41) is 7.36. The van der Waals surface area contributed by atoms with Gasteiger partial charge in [-0.25, -0.2) is 14.2 Å². The van der Waals surface area contributed by atoms with Crippen LogP contribution >= 0.6 is 15.9 Å². The van der Waals surface area contributed by atoms with Crippen LogP contribution in [0.3, 0.4) is 0 Å². The van der Waals surface area contributed by atoms with Gasteiger partial charge in [-0.05, 0) is 68.8 Å². The van der Waals surface area contributed by atoms with Gasteiger partial charge in [-0.2, -0.15) is 18.3 Å². The molecule has 0 spiro atoms. The van der Waals surface area contributed by atoms with Crippen LogP contribution in [-0.2, 0) is 24.6 Å². The summed E-state index contributed by atoms with van der Waals surface area (Å²) in [6.45, 7) is 9.55. The standard InChI is InChI=1S/C32H32BrF3N6O3/c1-17-13-22-25(16-40(17)28(44)20-9-12-24(33)23(15-20)32(34,35)36)38-30(42-18(2)14-26(39-42)31(3,4)5)41(29(22)45)21-10-7-19(8-11-21)27(43)37-6/h7-12,14-15,17H,13,16H2,1-6H3,(H,37,43). The van der Waals surface area contributed by atoms with E-state index in [4.69, 9.17) is 10.1 Å². The molecule has 0 saturated heterocycles. The first-order valence-corrected chi connectivity index (χ1v) is 15.0. The summed E-state index contributed by atoms with van der Waals surface area (Å²) >= 11 is 2.92. The van der Waals surface area contributed by atoms with E-state index >= 15 is 0 Å². The highest BCUT2D eigenvalue weighted by Crippen LogP contribution is 2.36. The second kappa shape index (κ2) is 11.6. The van der Waals surface area contributed by atoms with Crippen LogP contribution in [-0.4, -0.2) is 49.1 Å². The molecule has 4 aromatic rings. The highest BCUT2D eigenvalue weighted by Gasteiger charge is 2.36. The maximum absolute atomic E-state index is 14.3. The largest absolute Gasteiger partial charge is 0.417 e. The van der Waals surface area contributed by atoms with Crippen molar-refractivity contribution in [3.8, 4) is 11.6 Å². The van der Waals surface area contributed by atoms with Gasteiger partial charge in [-0.3, -0.25) is 14.4 Å². The lowest BCUT2D eigenvalue weighted by Gasteiger charge is -2.34. The number of hydrogen-bond donors (Lipinski definition) is 1. The van der Waals surface area contributed by atoms with Crippen LogP contribution in [0.25, 0.3) is 11.6 Å². The van der Waals surface area contributed by atoms with E-state index in [9.17, 15) is 27.6 Å². The lowest BCUT2D eigenvalue weighted by atomic mass is 9.92. The van der Waals surface area contributed by atoms with Crippen LogP contribution in [0.2, 0.25) is 0 Å². The molecule has 1 aliphatic heterocycles. The summed E-state index contributed by atoms with van der Waals surface area (Å²) in [5.74, 6) is -0.694.